The summed E-state index contributed by atoms with van der Waals surface area (Å²) in [7, 11) is 1.54. The Labute approximate surface area is 101 Å². The number of amides is 2. The largest absolute Gasteiger partial charge is 0.278 e. The van der Waals surface area contributed by atoms with Gasteiger partial charge in [-0.25, -0.2) is 0 Å². The van der Waals surface area contributed by atoms with Gasteiger partial charge < -0.3 is 0 Å². The fourth-order valence-electron chi connectivity index (χ4n) is 1.82. The predicted octanol–water partition coefficient (Wildman–Crippen LogP) is 2.25. The van der Waals surface area contributed by atoms with Crippen LogP contribution < -0.4 is 0 Å². The maximum absolute atomic E-state index is 11.8. The standard InChI is InChI=1S/C12H17NO2S/c1-4-5-9-10(7-6-8(2)16)12(15)13(3)11(9)14/h4-7H2,1-3H3. The third-order valence-corrected chi connectivity index (χ3v) is 2.92. The highest BCUT2D eigenvalue weighted by atomic mass is 32.1. The number of hydrogen-bond donors (Lipinski definition) is 0. The van der Waals surface area contributed by atoms with Gasteiger partial charge in [0.15, 0.2) is 0 Å². The highest BCUT2D eigenvalue weighted by molar-refractivity contribution is 7.80. The molecule has 0 unspecified atom stereocenters. The minimum Gasteiger partial charge on any atom is -0.278 e. The lowest BCUT2D eigenvalue weighted by molar-refractivity contribution is -0.136. The van der Waals surface area contributed by atoms with Gasteiger partial charge in [0.25, 0.3) is 11.8 Å². The van der Waals surface area contributed by atoms with Gasteiger partial charge in [-0.1, -0.05) is 25.6 Å². The van der Waals surface area contributed by atoms with Crippen LogP contribution >= 0.6 is 12.2 Å². The van der Waals surface area contributed by atoms with Crippen LogP contribution in [0.2, 0.25) is 0 Å². The van der Waals surface area contributed by atoms with E-state index < -0.39 is 0 Å². The molecule has 0 aliphatic carbocycles. The SMILES string of the molecule is CCCC1=C(CCC(C)=S)C(=O)N(C)C1=O. The molecule has 0 bridgehead atoms. The number of carbonyl (C=O) groups is 2. The zero-order chi connectivity index (χ0) is 12.3. The molecule has 3 nitrogen and oxygen atoms in total. The van der Waals surface area contributed by atoms with E-state index in [0.29, 0.717) is 30.4 Å². The third-order valence-electron chi connectivity index (χ3n) is 2.72. The van der Waals surface area contributed by atoms with Gasteiger partial charge in [0.1, 0.15) is 0 Å². The number of carbonyl (C=O) groups excluding carboxylic acids is 2. The summed E-state index contributed by atoms with van der Waals surface area (Å²) in [6.07, 6.45) is 2.85. The first kappa shape index (κ1) is 13.0. The topological polar surface area (TPSA) is 37.4 Å². The van der Waals surface area contributed by atoms with Gasteiger partial charge >= 0.3 is 0 Å². The van der Waals surface area contributed by atoms with Gasteiger partial charge in [-0.15, -0.1) is 0 Å². The summed E-state index contributed by atoms with van der Waals surface area (Å²) < 4.78 is 0. The van der Waals surface area contributed by atoms with E-state index in [-0.39, 0.29) is 11.8 Å². The van der Waals surface area contributed by atoms with Crippen molar-refractivity contribution in [2.75, 3.05) is 7.05 Å². The van der Waals surface area contributed by atoms with Crippen molar-refractivity contribution in [2.45, 2.75) is 39.5 Å². The second-order valence-corrected chi connectivity index (χ2v) is 4.78. The molecule has 0 atom stereocenters. The summed E-state index contributed by atoms with van der Waals surface area (Å²) >= 11 is 5.00. The molecule has 88 valence electrons. The Morgan fingerprint density at radius 3 is 2.12 bits per heavy atom. The molecule has 1 heterocycles. The summed E-state index contributed by atoms with van der Waals surface area (Å²) in [5.74, 6) is -0.284. The molecule has 0 saturated carbocycles. The van der Waals surface area contributed by atoms with E-state index in [2.05, 4.69) is 0 Å². The summed E-state index contributed by atoms with van der Waals surface area (Å²) in [5.41, 5.74) is 1.35. The van der Waals surface area contributed by atoms with Crippen LogP contribution in [0.1, 0.15) is 39.5 Å². The normalized spacial score (nSPS) is 16.3. The zero-order valence-corrected chi connectivity index (χ0v) is 10.8. The van der Waals surface area contributed by atoms with Crippen LogP contribution in [-0.2, 0) is 9.59 Å². The lowest BCUT2D eigenvalue weighted by Gasteiger charge is -2.06. The fourth-order valence-corrected chi connectivity index (χ4v) is 1.92. The molecule has 0 aromatic carbocycles. The molecule has 0 aromatic heterocycles. The summed E-state index contributed by atoms with van der Waals surface area (Å²) in [6.45, 7) is 3.87. The fraction of sp³-hybridized carbons (Fsp3) is 0.583. The Morgan fingerprint density at radius 1 is 1.19 bits per heavy atom. The van der Waals surface area contributed by atoms with E-state index in [1.165, 1.54) is 11.9 Å². The van der Waals surface area contributed by atoms with Crippen molar-refractivity contribution in [1.82, 2.24) is 4.90 Å². The van der Waals surface area contributed by atoms with Crippen molar-refractivity contribution in [2.24, 2.45) is 0 Å². The van der Waals surface area contributed by atoms with Crippen LogP contribution in [-0.4, -0.2) is 28.6 Å². The van der Waals surface area contributed by atoms with Crippen molar-refractivity contribution >= 4 is 28.9 Å². The van der Waals surface area contributed by atoms with Crippen LogP contribution in [0.25, 0.3) is 0 Å². The van der Waals surface area contributed by atoms with Gasteiger partial charge in [0.05, 0.1) is 0 Å². The number of nitrogens with zero attached hydrogens (tertiary/aromatic N) is 1. The van der Waals surface area contributed by atoms with Crippen LogP contribution in [0.3, 0.4) is 0 Å². The number of likely N-dealkylation sites (N-methyl/N-ethyl adjacent to an activating group) is 1. The molecule has 2 amide bonds. The summed E-state index contributed by atoms with van der Waals surface area (Å²) in [6, 6.07) is 0. The van der Waals surface area contributed by atoms with E-state index in [0.717, 1.165) is 11.3 Å². The number of imide groups is 1. The predicted molar refractivity (Wildman–Crippen MR) is 67.2 cm³/mol. The molecule has 0 radical (unpaired) electrons. The Hall–Kier alpha value is -1.03. The minimum absolute atomic E-state index is 0.135. The molecule has 0 aromatic rings. The summed E-state index contributed by atoms with van der Waals surface area (Å²) in [5, 5.41) is 0. The molecular formula is C12H17NO2S. The highest BCUT2D eigenvalue weighted by Gasteiger charge is 2.34. The third kappa shape index (κ3) is 2.55. The number of thiocarbonyl (C=S) groups is 1. The Morgan fingerprint density at radius 2 is 1.69 bits per heavy atom. The molecule has 4 heteroatoms. The van der Waals surface area contributed by atoms with Crippen LogP contribution in [0.5, 0.6) is 0 Å². The second kappa shape index (κ2) is 5.34. The van der Waals surface area contributed by atoms with E-state index in [4.69, 9.17) is 12.2 Å². The van der Waals surface area contributed by atoms with Gasteiger partial charge in [-0.2, -0.15) is 0 Å². The average molecular weight is 239 g/mol. The quantitative estimate of drug-likeness (QED) is 0.545. The molecule has 0 saturated heterocycles. The van der Waals surface area contributed by atoms with E-state index in [1.807, 2.05) is 13.8 Å². The lowest BCUT2D eigenvalue weighted by atomic mass is 10.0. The van der Waals surface area contributed by atoms with Gasteiger partial charge in [0.2, 0.25) is 0 Å². The van der Waals surface area contributed by atoms with Crippen molar-refractivity contribution in [3.05, 3.63) is 11.1 Å². The molecule has 16 heavy (non-hydrogen) atoms. The first-order valence-corrected chi connectivity index (χ1v) is 5.93. The molecular weight excluding hydrogens is 222 g/mol. The van der Waals surface area contributed by atoms with Crippen molar-refractivity contribution in [3.8, 4) is 0 Å². The Kier molecular flexibility index (Phi) is 4.35. The monoisotopic (exact) mass is 239 g/mol. The van der Waals surface area contributed by atoms with E-state index in [9.17, 15) is 9.59 Å². The number of hydrogen-bond acceptors (Lipinski definition) is 3. The number of rotatable bonds is 5. The molecule has 0 N–H and O–H groups in total. The summed E-state index contributed by atoms with van der Waals surface area (Å²) in [4.78, 5) is 25.7. The van der Waals surface area contributed by atoms with Gasteiger partial charge in [0, 0.05) is 18.2 Å². The maximum Gasteiger partial charge on any atom is 0.256 e. The Balaban J connectivity index is 2.91. The second-order valence-electron chi connectivity index (χ2n) is 4.08. The average Bonchev–Trinajstić information content (AvgIpc) is 2.42. The van der Waals surface area contributed by atoms with Crippen molar-refractivity contribution < 1.29 is 9.59 Å². The lowest BCUT2D eigenvalue weighted by Crippen LogP contribution is -2.27. The van der Waals surface area contributed by atoms with Crippen LogP contribution in [0.15, 0.2) is 11.1 Å². The first-order chi connectivity index (χ1) is 7.49. The zero-order valence-electron chi connectivity index (χ0n) is 10.0. The molecule has 1 rings (SSSR count). The molecule has 0 spiro atoms. The van der Waals surface area contributed by atoms with Crippen LogP contribution in [0, 0.1) is 0 Å². The van der Waals surface area contributed by atoms with Crippen molar-refractivity contribution in [3.63, 3.8) is 0 Å². The highest BCUT2D eigenvalue weighted by Crippen LogP contribution is 2.26. The first-order valence-electron chi connectivity index (χ1n) is 5.52. The smallest absolute Gasteiger partial charge is 0.256 e. The van der Waals surface area contributed by atoms with Crippen LogP contribution in [0.4, 0.5) is 0 Å². The molecule has 1 aliphatic rings. The van der Waals surface area contributed by atoms with E-state index in [1.54, 1.807) is 0 Å². The molecule has 0 fully saturated rings. The van der Waals surface area contributed by atoms with Gasteiger partial charge in [-0.3, -0.25) is 14.5 Å². The van der Waals surface area contributed by atoms with Crippen molar-refractivity contribution in [1.29, 1.82) is 0 Å². The van der Waals surface area contributed by atoms with E-state index >= 15 is 0 Å². The maximum atomic E-state index is 11.8. The Bertz CT molecular complexity index is 371. The van der Waals surface area contributed by atoms with Gasteiger partial charge in [-0.05, 0) is 31.1 Å². The minimum atomic E-state index is -0.148. The molecule has 1 aliphatic heterocycles.